The number of benzene rings is 2. The Morgan fingerprint density at radius 3 is 2.72 bits per heavy atom. The molecule has 7 nitrogen and oxygen atoms in total. The van der Waals surface area contributed by atoms with Gasteiger partial charge in [-0.1, -0.05) is 30.3 Å². The van der Waals surface area contributed by atoms with Crippen LogP contribution in [0, 0.1) is 10.1 Å². The molecule has 0 aliphatic carbocycles. The van der Waals surface area contributed by atoms with Crippen LogP contribution in [0.25, 0.3) is 0 Å². The van der Waals surface area contributed by atoms with E-state index in [1.165, 1.54) is 12.1 Å². The molecule has 1 fully saturated rings. The lowest BCUT2D eigenvalue weighted by Crippen LogP contribution is -2.42. The smallest absolute Gasteiger partial charge is 0.270 e. The third kappa shape index (κ3) is 3.61. The Bertz CT molecular complexity index is 779. The highest BCUT2D eigenvalue weighted by Gasteiger charge is 2.28. The molecule has 0 saturated carbocycles. The minimum absolute atomic E-state index is 0.102. The number of nitro benzene ring substituents is 1. The SMILES string of the molecule is CNc1ccc([N+](=O)[O-])cc1C(=O)N1CCO[C@H](c2ccccc2)C1. The number of rotatable bonds is 4. The molecule has 0 unspecified atom stereocenters. The number of amides is 1. The summed E-state index contributed by atoms with van der Waals surface area (Å²) in [7, 11) is 1.68. The van der Waals surface area contributed by atoms with Crippen LogP contribution in [0.4, 0.5) is 11.4 Å². The van der Waals surface area contributed by atoms with Crippen LogP contribution in [0.3, 0.4) is 0 Å². The molecule has 1 N–H and O–H groups in total. The summed E-state index contributed by atoms with van der Waals surface area (Å²) >= 11 is 0. The Morgan fingerprint density at radius 1 is 1.28 bits per heavy atom. The first-order valence-electron chi connectivity index (χ1n) is 8.02. The molecule has 1 atom stereocenters. The highest BCUT2D eigenvalue weighted by atomic mass is 16.6. The minimum Gasteiger partial charge on any atom is -0.387 e. The zero-order valence-electron chi connectivity index (χ0n) is 13.8. The van der Waals surface area contributed by atoms with E-state index in [2.05, 4.69) is 5.32 Å². The van der Waals surface area contributed by atoms with Crippen molar-refractivity contribution >= 4 is 17.3 Å². The molecule has 1 heterocycles. The van der Waals surface area contributed by atoms with E-state index >= 15 is 0 Å². The van der Waals surface area contributed by atoms with Crippen molar-refractivity contribution in [1.29, 1.82) is 0 Å². The fourth-order valence-electron chi connectivity index (χ4n) is 2.91. The summed E-state index contributed by atoms with van der Waals surface area (Å²) in [6.45, 7) is 1.29. The first-order chi connectivity index (χ1) is 12.1. The molecule has 1 amide bonds. The van der Waals surface area contributed by atoms with Gasteiger partial charge in [0.1, 0.15) is 6.10 Å². The van der Waals surface area contributed by atoms with Gasteiger partial charge in [-0.25, -0.2) is 0 Å². The topological polar surface area (TPSA) is 84.7 Å². The number of anilines is 1. The largest absolute Gasteiger partial charge is 0.387 e. The number of hydrogen-bond acceptors (Lipinski definition) is 5. The Labute approximate surface area is 145 Å². The molecule has 0 aromatic heterocycles. The van der Waals surface area contributed by atoms with E-state index in [4.69, 9.17) is 4.74 Å². The van der Waals surface area contributed by atoms with Crippen molar-refractivity contribution in [2.45, 2.75) is 6.10 Å². The molecular weight excluding hydrogens is 322 g/mol. The van der Waals surface area contributed by atoms with Crippen LogP contribution in [0.2, 0.25) is 0 Å². The van der Waals surface area contributed by atoms with Crippen molar-refractivity contribution in [3.63, 3.8) is 0 Å². The zero-order valence-corrected chi connectivity index (χ0v) is 13.8. The highest BCUT2D eigenvalue weighted by Crippen LogP contribution is 2.27. The third-order valence-electron chi connectivity index (χ3n) is 4.24. The average molecular weight is 341 g/mol. The summed E-state index contributed by atoms with van der Waals surface area (Å²) in [5.41, 5.74) is 1.77. The quantitative estimate of drug-likeness (QED) is 0.683. The highest BCUT2D eigenvalue weighted by molar-refractivity contribution is 6.00. The molecule has 0 spiro atoms. The molecule has 1 saturated heterocycles. The maximum absolute atomic E-state index is 12.9. The lowest BCUT2D eigenvalue weighted by atomic mass is 10.1. The fraction of sp³-hybridized carbons (Fsp3) is 0.278. The molecule has 130 valence electrons. The number of non-ortho nitro benzene ring substituents is 1. The molecule has 0 radical (unpaired) electrons. The molecule has 1 aliphatic heterocycles. The second-order valence-corrected chi connectivity index (χ2v) is 5.76. The lowest BCUT2D eigenvalue weighted by Gasteiger charge is -2.33. The van der Waals surface area contributed by atoms with Gasteiger partial charge in [-0.15, -0.1) is 0 Å². The molecule has 25 heavy (non-hydrogen) atoms. The van der Waals surface area contributed by atoms with Gasteiger partial charge in [0.2, 0.25) is 0 Å². The number of nitrogens with one attached hydrogen (secondary N) is 1. The molecule has 0 bridgehead atoms. The van der Waals surface area contributed by atoms with Crippen molar-refractivity contribution in [1.82, 2.24) is 4.90 Å². The number of morpholine rings is 1. The normalized spacial score (nSPS) is 17.2. The van der Waals surface area contributed by atoms with Crippen LogP contribution in [0.5, 0.6) is 0 Å². The summed E-state index contributed by atoms with van der Waals surface area (Å²) in [5.74, 6) is -0.239. The van der Waals surface area contributed by atoms with Crippen molar-refractivity contribution in [2.24, 2.45) is 0 Å². The molecule has 7 heteroatoms. The van der Waals surface area contributed by atoms with Crippen molar-refractivity contribution in [3.05, 3.63) is 69.8 Å². The number of carbonyl (C=O) groups is 1. The van der Waals surface area contributed by atoms with Crippen LogP contribution in [0.1, 0.15) is 22.0 Å². The van der Waals surface area contributed by atoms with E-state index < -0.39 is 4.92 Å². The van der Waals surface area contributed by atoms with Crippen LogP contribution in [0.15, 0.2) is 48.5 Å². The van der Waals surface area contributed by atoms with Gasteiger partial charge in [0.15, 0.2) is 0 Å². The van der Waals surface area contributed by atoms with E-state index in [0.29, 0.717) is 30.9 Å². The van der Waals surface area contributed by atoms with E-state index in [0.717, 1.165) is 5.56 Å². The van der Waals surface area contributed by atoms with Gasteiger partial charge in [0.25, 0.3) is 11.6 Å². The van der Waals surface area contributed by atoms with Crippen LogP contribution >= 0.6 is 0 Å². The molecular formula is C18H19N3O4. The number of nitro groups is 1. The summed E-state index contributed by atoms with van der Waals surface area (Å²) in [6.07, 6.45) is -0.198. The first kappa shape index (κ1) is 16.9. The van der Waals surface area contributed by atoms with E-state index in [-0.39, 0.29) is 17.7 Å². The van der Waals surface area contributed by atoms with Gasteiger partial charge in [0, 0.05) is 31.4 Å². The van der Waals surface area contributed by atoms with Gasteiger partial charge in [-0.3, -0.25) is 14.9 Å². The third-order valence-corrected chi connectivity index (χ3v) is 4.24. The second kappa shape index (κ2) is 7.31. The Morgan fingerprint density at radius 2 is 2.04 bits per heavy atom. The van der Waals surface area contributed by atoms with Gasteiger partial charge < -0.3 is 15.0 Å². The lowest BCUT2D eigenvalue weighted by molar-refractivity contribution is -0.384. The van der Waals surface area contributed by atoms with Crippen molar-refractivity contribution in [3.8, 4) is 0 Å². The summed E-state index contributed by atoms with van der Waals surface area (Å²) < 4.78 is 5.78. The summed E-state index contributed by atoms with van der Waals surface area (Å²) in [4.78, 5) is 25.2. The predicted molar refractivity (Wildman–Crippen MR) is 93.7 cm³/mol. The van der Waals surface area contributed by atoms with Crippen molar-refractivity contribution < 1.29 is 14.5 Å². The van der Waals surface area contributed by atoms with E-state index in [9.17, 15) is 14.9 Å². The summed E-state index contributed by atoms with van der Waals surface area (Å²) in [5, 5.41) is 14.0. The maximum atomic E-state index is 12.9. The van der Waals surface area contributed by atoms with Gasteiger partial charge in [-0.05, 0) is 11.6 Å². The van der Waals surface area contributed by atoms with Crippen LogP contribution in [-0.4, -0.2) is 42.5 Å². The molecule has 1 aliphatic rings. The average Bonchev–Trinajstić information content (AvgIpc) is 2.67. The van der Waals surface area contributed by atoms with Crippen LogP contribution < -0.4 is 5.32 Å². The van der Waals surface area contributed by atoms with E-state index in [1.807, 2.05) is 30.3 Å². The van der Waals surface area contributed by atoms with Gasteiger partial charge in [0.05, 0.1) is 23.6 Å². The van der Waals surface area contributed by atoms with E-state index in [1.54, 1.807) is 18.0 Å². The number of carbonyl (C=O) groups excluding carboxylic acids is 1. The number of hydrogen-bond donors (Lipinski definition) is 1. The monoisotopic (exact) mass is 341 g/mol. The minimum atomic E-state index is -0.498. The Balaban J connectivity index is 1.85. The Kier molecular flexibility index (Phi) is 4.95. The molecule has 2 aromatic carbocycles. The fourth-order valence-corrected chi connectivity index (χ4v) is 2.91. The zero-order chi connectivity index (χ0) is 17.8. The second-order valence-electron chi connectivity index (χ2n) is 5.76. The first-order valence-corrected chi connectivity index (χ1v) is 8.02. The standard InChI is InChI=1S/C18H19N3O4/c1-19-16-8-7-14(21(23)24)11-15(16)18(22)20-9-10-25-17(12-20)13-5-3-2-4-6-13/h2-8,11,17,19H,9-10,12H2,1H3/t17-/m0/s1. The molecule has 2 aromatic rings. The number of nitrogens with zero attached hydrogens (tertiary/aromatic N) is 2. The predicted octanol–water partition coefficient (Wildman–Crippen LogP) is 2.85. The molecule has 3 rings (SSSR count). The van der Waals surface area contributed by atoms with Gasteiger partial charge in [-0.2, -0.15) is 0 Å². The summed E-state index contributed by atoms with van der Waals surface area (Å²) in [6, 6.07) is 14.0. The van der Waals surface area contributed by atoms with Crippen molar-refractivity contribution in [2.75, 3.05) is 32.1 Å². The number of ether oxygens (including phenoxy) is 1. The van der Waals surface area contributed by atoms with Crippen LogP contribution in [-0.2, 0) is 4.74 Å². The van der Waals surface area contributed by atoms with Gasteiger partial charge >= 0.3 is 0 Å². The maximum Gasteiger partial charge on any atom is 0.270 e. The Hall–Kier alpha value is -2.93.